The minimum Gasteiger partial charge on any atom is -0.392 e. The molecule has 2 aromatic rings. The number of benzene rings is 1. The zero-order chi connectivity index (χ0) is 20.9. The molecule has 0 amide bonds. The lowest BCUT2D eigenvalue weighted by atomic mass is 9.73. The van der Waals surface area contributed by atoms with Gasteiger partial charge >= 0.3 is 0 Å². The Morgan fingerprint density at radius 1 is 1.31 bits per heavy atom. The third-order valence-corrected chi connectivity index (χ3v) is 6.15. The van der Waals surface area contributed by atoms with Crippen LogP contribution in [0.25, 0.3) is 0 Å². The minimum absolute atomic E-state index is 0.104. The van der Waals surface area contributed by atoms with E-state index in [-0.39, 0.29) is 17.6 Å². The molecular formula is C22H34N6O. The maximum absolute atomic E-state index is 10.5. The first-order valence-corrected chi connectivity index (χ1v) is 10.5. The molecule has 3 unspecified atom stereocenters. The predicted molar refractivity (Wildman–Crippen MR) is 115 cm³/mol. The van der Waals surface area contributed by atoms with E-state index in [4.69, 9.17) is 4.99 Å². The zero-order valence-electron chi connectivity index (χ0n) is 18.0. The highest BCUT2D eigenvalue weighted by Crippen LogP contribution is 2.35. The molecule has 0 radical (unpaired) electrons. The molecule has 3 atom stereocenters. The summed E-state index contributed by atoms with van der Waals surface area (Å²) in [5.41, 5.74) is 1.05. The summed E-state index contributed by atoms with van der Waals surface area (Å²) in [6.45, 7) is 7.33. The Morgan fingerprint density at radius 2 is 2.07 bits per heavy atom. The molecule has 3 rings (SSSR count). The van der Waals surface area contributed by atoms with E-state index in [1.807, 2.05) is 36.7 Å². The molecule has 7 heteroatoms. The molecule has 1 aliphatic carbocycles. The molecule has 0 saturated heterocycles. The summed E-state index contributed by atoms with van der Waals surface area (Å²) >= 11 is 0. The maximum Gasteiger partial charge on any atom is 0.192 e. The molecule has 0 aliphatic heterocycles. The van der Waals surface area contributed by atoms with E-state index in [1.54, 1.807) is 0 Å². The van der Waals surface area contributed by atoms with Gasteiger partial charge in [0.1, 0.15) is 12.4 Å². The van der Waals surface area contributed by atoms with Crippen molar-refractivity contribution in [3.63, 3.8) is 0 Å². The van der Waals surface area contributed by atoms with Crippen molar-refractivity contribution >= 4 is 5.96 Å². The molecule has 1 saturated carbocycles. The first-order valence-electron chi connectivity index (χ1n) is 10.5. The molecule has 1 heterocycles. The average Bonchev–Trinajstić information content (AvgIpc) is 3.05. The fraction of sp³-hybridized carbons (Fsp3) is 0.591. The Hall–Kier alpha value is -2.41. The molecule has 29 heavy (non-hydrogen) atoms. The number of aryl methyl sites for hydroxylation is 1. The molecule has 1 aromatic carbocycles. The summed E-state index contributed by atoms with van der Waals surface area (Å²) < 4.78 is 1.95. The Labute approximate surface area is 173 Å². The third-order valence-electron chi connectivity index (χ3n) is 6.15. The minimum atomic E-state index is -0.280. The van der Waals surface area contributed by atoms with Crippen molar-refractivity contribution in [1.29, 1.82) is 0 Å². The van der Waals surface area contributed by atoms with E-state index in [0.29, 0.717) is 13.1 Å². The van der Waals surface area contributed by atoms with Crippen LogP contribution in [0.1, 0.15) is 62.8 Å². The van der Waals surface area contributed by atoms with E-state index in [0.717, 1.165) is 43.3 Å². The average molecular weight is 399 g/mol. The molecule has 0 bridgehead atoms. The SMILES string of the molecule is Cc1nnc(CN=C(NCC2(C)CCCCC2O)NC(C)c2ccccc2)n1C. The summed E-state index contributed by atoms with van der Waals surface area (Å²) in [5, 5.41) is 25.8. The number of nitrogens with zero attached hydrogens (tertiary/aromatic N) is 4. The Morgan fingerprint density at radius 3 is 2.72 bits per heavy atom. The number of aromatic nitrogens is 3. The second kappa shape index (κ2) is 9.39. The van der Waals surface area contributed by atoms with Gasteiger partial charge in [0.15, 0.2) is 11.8 Å². The van der Waals surface area contributed by atoms with E-state index >= 15 is 0 Å². The van der Waals surface area contributed by atoms with E-state index < -0.39 is 0 Å². The summed E-state index contributed by atoms with van der Waals surface area (Å²) in [6.07, 6.45) is 3.88. The summed E-state index contributed by atoms with van der Waals surface area (Å²) in [7, 11) is 1.95. The van der Waals surface area contributed by atoms with Crippen LogP contribution in [0.5, 0.6) is 0 Å². The van der Waals surface area contributed by atoms with Crippen LogP contribution in [0.15, 0.2) is 35.3 Å². The monoisotopic (exact) mass is 398 g/mol. The highest BCUT2D eigenvalue weighted by atomic mass is 16.3. The number of rotatable bonds is 6. The first-order chi connectivity index (χ1) is 13.9. The van der Waals surface area contributed by atoms with Gasteiger partial charge in [-0.1, -0.05) is 50.1 Å². The number of aliphatic hydroxyl groups is 1. The van der Waals surface area contributed by atoms with Crippen molar-refractivity contribution in [3.8, 4) is 0 Å². The van der Waals surface area contributed by atoms with Crippen molar-refractivity contribution < 1.29 is 5.11 Å². The second-order valence-corrected chi connectivity index (χ2v) is 8.43. The van der Waals surface area contributed by atoms with Gasteiger partial charge in [-0.25, -0.2) is 4.99 Å². The van der Waals surface area contributed by atoms with Gasteiger partial charge in [-0.15, -0.1) is 10.2 Å². The molecular weight excluding hydrogens is 364 g/mol. The number of hydrogen-bond acceptors (Lipinski definition) is 4. The van der Waals surface area contributed by atoms with Crippen LogP contribution in [0.3, 0.4) is 0 Å². The number of aliphatic hydroxyl groups excluding tert-OH is 1. The molecule has 1 aromatic heterocycles. The highest BCUT2D eigenvalue weighted by Gasteiger charge is 2.35. The summed E-state index contributed by atoms with van der Waals surface area (Å²) in [4.78, 5) is 4.76. The van der Waals surface area contributed by atoms with Gasteiger partial charge in [-0.05, 0) is 32.3 Å². The van der Waals surface area contributed by atoms with Crippen LogP contribution in [-0.4, -0.2) is 38.5 Å². The van der Waals surface area contributed by atoms with Crippen LogP contribution >= 0.6 is 0 Å². The van der Waals surface area contributed by atoms with Gasteiger partial charge in [0.05, 0.1) is 12.1 Å². The van der Waals surface area contributed by atoms with Crippen molar-refractivity contribution in [1.82, 2.24) is 25.4 Å². The van der Waals surface area contributed by atoms with Crippen LogP contribution in [0.2, 0.25) is 0 Å². The Bertz CT molecular complexity index is 818. The topological polar surface area (TPSA) is 87.4 Å². The fourth-order valence-corrected chi connectivity index (χ4v) is 3.79. The largest absolute Gasteiger partial charge is 0.392 e. The summed E-state index contributed by atoms with van der Waals surface area (Å²) in [6, 6.07) is 10.4. The normalized spacial score (nSPS) is 23.6. The molecule has 158 valence electrons. The van der Waals surface area contributed by atoms with Gasteiger partial charge < -0.3 is 20.3 Å². The molecule has 7 nitrogen and oxygen atoms in total. The van der Waals surface area contributed by atoms with Gasteiger partial charge in [-0.3, -0.25) is 0 Å². The lowest BCUT2D eigenvalue weighted by molar-refractivity contribution is 0.00395. The molecule has 3 N–H and O–H groups in total. The Balaban J connectivity index is 1.73. The van der Waals surface area contributed by atoms with Crippen LogP contribution < -0.4 is 10.6 Å². The number of guanidine groups is 1. The summed E-state index contributed by atoms with van der Waals surface area (Å²) in [5.74, 6) is 2.41. The molecule has 1 fully saturated rings. The van der Waals surface area contributed by atoms with Crippen LogP contribution in [0, 0.1) is 12.3 Å². The van der Waals surface area contributed by atoms with Gasteiger partial charge in [0, 0.05) is 19.0 Å². The van der Waals surface area contributed by atoms with Gasteiger partial charge in [0.25, 0.3) is 0 Å². The molecule has 0 spiro atoms. The number of hydrogen-bond donors (Lipinski definition) is 3. The predicted octanol–water partition coefficient (Wildman–Crippen LogP) is 2.86. The number of aliphatic imine (C=N–C) groups is 1. The van der Waals surface area contributed by atoms with Gasteiger partial charge in [-0.2, -0.15) is 0 Å². The maximum atomic E-state index is 10.5. The Kier molecular flexibility index (Phi) is 6.90. The zero-order valence-corrected chi connectivity index (χ0v) is 18.0. The quantitative estimate of drug-likeness (QED) is 0.514. The van der Waals surface area contributed by atoms with E-state index in [1.165, 1.54) is 5.56 Å². The van der Waals surface area contributed by atoms with Crippen molar-refractivity contribution in [2.24, 2.45) is 17.5 Å². The lowest BCUT2D eigenvalue weighted by Crippen LogP contribution is -2.48. The fourth-order valence-electron chi connectivity index (χ4n) is 3.79. The van der Waals surface area contributed by atoms with E-state index in [2.05, 4.69) is 46.8 Å². The van der Waals surface area contributed by atoms with Crippen molar-refractivity contribution in [2.75, 3.05) is 6.54 Å². The number of nitrogens with one attached hydrogen (secondary N) is 2. The molecule has 1 aliphatic rings. The standard InChI is InChI=1S/C22H34N6O/c1-16(18-10-6-5-7-11-18)25-21(23-14-20-27-26-17(2)28(20)4)24-15-22(3)13-9-8-12-19(22)29/h5-7,10-11,16,19,29H,8-9,12-15H2,1-4H3,(H2,23,24,25). The van der Waals surface area contributed by atoms with E-state index in [9.17, 15) is 5.11 Å². The first kappa shape index (κ1) is 21.3. The van der Waals surface area contributed by atoms with Crippen LogP contribution in [-0.2, 0) is 13.6 Å². The highest BCUT2D eigenvalue weighted by molar-refractivity contribution is 5.80. The van der Waals surface area contributed by atoms with Crippen molar-refractivity contribution in [2.45, 2.75) is 65.1 Å². The van der Waals surface area contributed by atoms with Crippen LogP contribution in [0.4, 0.5) is 0 Å². The smallest absolute Gasteiger partial charge is 0.192 e. The van der Waals surface area contributed by atoms with Gasteiger partial charge in [0.2, 0.25) is 0 Å². The second-order valence-electron chi connectivity index (χ2n) is 8.43. The lowest BCUT2D eigenvalue weighted by Gasteiger charge is -2.39. The third kappa shape index (κ3) is 5.35. The van der Waals surface area contributed by atoms with Crippen molar-refractivity contribution in [3.05, 3.63) is 47.5 Å².